The number of fused-ring (bicyclic) bond motifs is 4. The van der Waals surface area contributed by atoms with E-state index in [0.29, 0.717) is 82.6 Å². The van der Waals surface area contributed by atoms with Crippen LogP contribution >= 0.6 is 0 Å². The maximum Gasteiger partial charge on any atom is 0.357 e. The predicted octanol–water partition coefficient (Wildman–Crippen LogP) is 16.1. The number of carbonyl (C=O) groups is 4. The Bertz CT molecular complexity index is 4110. The first kappa shape index (κ1) is 74.2. The van der Waals surface area contributed by atoms with E-state index < -0.39 is 70.3 Å². The van der Waals surface area contributed by atoms with Crippen LogP contribution in [0, 0.1) is 70.2 Å². The lowest BCUT2D eigenvalue weighted by Gasteiger charge is -2.29. The number of rotatable bonds is 14. The second-order valence-electron chi connectivity index (χ2n) is 25.8. The van der Waals surface area contributed by atoms with Crippen LogP contribution in [0.3, 0.4) is 0 Å². The van der Waals surface area contributed by atoms with Gasteiger partial charge in [-0.3, -0.25) is 9.59 Å². The highest BCUT2D eigenvalue weighted by molar-refractivity contribution is 5.94. The minimum atomic E-state index is -0.725. The van der Waals surface area contributed by atoms with Crippen LogP contribution in [0.5, 0.6) is 23.5 Å². The Morgan fingerprint density at radius 2 is 0.590 bits per heavy atom. The van der Waals surface area contributed by atoms with Crippen molar-refractivity contribution in [2.75, 3.05) is 13.2 Å². The van der Waals surface area contributed by atoms with Gasteiger partial charge in [-0.2, -0.15) is 0 Å². The van der Waals surface area contributed by atoms with E-state index in [9.17, 15) is 54.3 Å². The van der Waals surface area contributed by atoms with Gasteiger partial charge in [-0.05, 0) is 184 Å². The maximum absolute atomic E-state index is 14.4. The molecular weight excluding hydrogens is 1310 g/mol. The van der Waals surface area contributed by atoms with Gasteiger partial charge in [0.2, 0.25) is 23.5 Å². The quantitative estimate of drug-likeness (QED) is 0.0763. The van der Waals surface area contributed by atoms with Crippen LogP contribution in [-0.4, -0.2) is 81.3 Å². The third-order valence-corrected chi connectivity index (χ3v) is 17.4. The number of amides is 2. The second-order valence-corrected chi connectivity index (χ2v) is 25.8. The molecule has 2 amide bonds. The Morgan fingerprint density at radius 1 is 0.370 bits per heavy atom. The lowest BCUT2D eigenvalue weighted by Crippen LogP contribution is -2.29. The van der Waals surface area contributed by atoms with Crippen molar-refractivity contribution < 1.29 is 82.7 Å². The van der Waals surface area contributed by atoms with Crippen molar-refractivity contribution in [3.63, 3.8) is 0 Å². The van der Waals surface area contributed by atoms with Gasteiger partial charge in [-0.1, -0.05) is 55.4 Å². The Hall–Kier alpha value is -10.0. The molecule has 0 spiro atoms. The van der Waals surface area contributed by atoms with Gasteiger partial charge in [0.25, 0.3) is 11.8 Å². The first-order chi connectivity index (χ1) is 47.5. The highest BCUT2D eigenvalue weighted by atomic mass is 19.2. The fourth-order valence-electron chi connectivity index (χ4n) is 12.0. The average Bonchev–Trinajstić information content (AvgIpc) is 0.796. The molecule has 4 aliphatic rings. The SMILES string of the molecule is CC(C)[C@@H]1CCc2c(-c3ccc(F)cc3F)cc(C(N)=O)nc2O1.CC(C)[C@H]1CCc2c(-c3ccc(F)cc3F)cc(C(N)=O)nc2O1.CCOC(=O)c1cc(-c2ccc(F)cc2F)c2c(n1)O[C@@H](C(C)C)CC2.CCOC(=O)c1cc(-c2ccc(F)cc2F)c2c(n1)O[C@H](C(C)C)CC2. The van der Waals surface area contributed by atoms with E-state index in [1.807, 2.05) is 55.4 Å². The minimum Gasteiger partial charge on any atom is -0.474 e. The highest BCUT2D eigenvalue weighted by Gasteiger charge is 2.34. The summed E-state index contributed by atoms with van der Waals surface area (Å²) in [5.41, 5.74) is 16.4. The van der Waals surface area contributed by atoms with Gasteiger partial charge in [0.15, 0.2) is 11.4 Å². The molecule has 0 fully saturated rings. The van der Waals surface area contributed by atoms with E-state index in [-0.39, 0.29) is 106 Å². The van der Waals surface area contributed by atoms with E-state index in [1.165, 1.54) is 72.8 Å². The zero-order chi connectivity index (χ0) is 72.5. The molecule has 4 atom stereocenters. The summed E-state index contributed by atoms with van der Waals surface area (Å²) in [6, 6.07) is 19.3. The van der Waals surface area contributed by atoms with E-state index in [4.69, 9.17) is 39.9 Å². The highest BCUT2D eigenvalue weighted by Crippen LogP contribution is 2.43. The number of esters is 2. The van der Waals surface area contributed by atoms with Crippen molar-refractivity contribution in [2.45, 2.75) is 145 Å². The predicted molar refractivity (Wildman–Crippen MR) is 358 cm³/mol. The molecule has 4 aromatic carbocycles. The van der Waals surface area contributed by atoms with Crippen molar-refractivity contribution in [3.8, 4) is 68.0 Å². The number of ether oxygens (including phenoxy) is 6. The number of carbonyl (C=O) groups excluding carboxylic acids is 4. The zero-order valence-electron chi connectivity index (χ0n) is 57.0. The van der Waals surface area contributed by atoms with Gasteiger partial charge in [0.05, 0.1) is 13.2 Å². The zero-order valence-corrected chi connectivity index (χ0v) is 57.0. The van der Waals surface area contributed by atoms with Crippen LogP contribution in [-0.2, 0) is 35.2 Å². The summed E-state index contributed by atoms with van der Waals surface area (Å²) in [5.74, 6) is -5.73. The normalized spacial score (nSPS) is 16.4. The van der Waals surface area contributed by atoms with E-state index in [0.717, 1.165) is 61.1 Å². The Morgan fingerprint density at radius 3 is 0.790 bits per heavy atom. The van der Waals surface area contributed by atoms with Gasteiger partial charge in [0, 0.05) is 68.8 Å². The van der Waals surface area contributed by atoms with Crippen molar-refractivity contribution >= 4 is 23.8 Å². The van der Waals surface area contributed by atoms with Crippen molar-refractivity contribution in [1.29, 1.82) is 0 Å². The fraction of sp³-hybridized carbons (Fsp3) is 0.368. The Labute approximate surface area is 574 Å². The number of aromatic nitrogens is 4. The maximum atomic E-state index is 14.4. The first-order valence-corrected chi connectivity index (χ1v) is 33.1. The van der Waals surface area contributed by atoms with Gasteiger partial charge in [0.1, 0.15) is 82.3 Å². The summed E-state index contributed by atoms with van der Waals surface area (Å²) in [7, 11) is 0. The number of halogens is 8. The molecule has 4 aliphatic heterocycles. The van der Waals surface area contributed by atoms with E-state index in [1.54, 1.807) is 13.8 Å². The summed E-state index contributed by atoms with van der Waals surface area (Å²) in [5, 5.41) is 0. The van der Waals surface area contributed by atoms with Crippen molar-refractivity contribution in [1.82, 2.24) is 19.9 Å². The van der Waals surface area contributed by atoms with Crippen LogP contribution in [0.1, 0.15) is 159 Å². The van der Waals surface area contributed by atoms with Gasteiger partial charge >= 0.3 is 11.9 Å². The second kappa shape index (κ2) is 32.3. The van der Waals surface area contributed by atoms with Crippen LogP contribution in [0.2, 0.25) is 0 Å². The molecule has 0 radical (unpaired) electrons. The molecule has 12 rings (SSSR count). The fourth-order valence-corrected chi connectivity index (χ4v) is 12.0. The topological polar surface area (TPSA) is 227 Å². The molecule has 0 bridgehead atoms. The number of nitrogens with zero attached hydrogens (tertiary/aromatic N) is 4. The standard InChI is InChI=1S/2C20H21F2NO3.2C18H18F2N2O2/c2*1-4-25-20(24)17-10-15(13-6-5-12(21)9-16(13)22)14-7-8-18(11(2)3)26-19(14)23-17;2*1-9(2)16-6-5-12-13(11-4-3-10(19)7-14(11)20)8-15(17(21)23)22-18(12)24-16/h2*5-6,9-11,18H,4,7-8H2,1-3H3;2*3-4,7-9,16H,5-6H2,1-2H3,(H2,21,23)/t2*18-;2*16-/m1010/s1. The largest absolute Gasteiger partial charge is 0.474 e. The van der Waals surface area contributed by atoms with Gasteiger partial charge in [-0.15, -0.1) is 0 Å². The van der Waals surface area contributed by atoms with Crippen LogP contribution in [0.15, 0.2) is 97.1 Å². The molecule has 4 N–H and O–H groups in total. The molecular formula is C76H78F8N6O10. The number of hydrogen-bond donors (Lipinski definition) is 2. The van der Waals surface area contributed by atoms with Crippen molar-refractivity contribution in [3.05, 3.63) is 189 Å². The number of hydrogen-bond acceptors (Lipinski definition) is 14. The third kappa shape index (κ3) is 17.3. The lowest BCUT2D eigenvalue weighted by molar-refractivity contribution is 0.0506. The summed E-state index contributed by atoms with van der Waals surface area (Å²) in [4.78, 5) is 64.5. The molecule has 16 nitrogen and oxygen atoms in total. The molecule has 4 aromatic heterocycles. The smallest absolute Gasteiger partial charge is 0.357 e. The van der Waals surface area contributed by atoms with Gasteiger partial charge in [-0.25, -0.2) is 64.6 Å². The lowest BCUT2D eigenvalue weighted by atomic mass is 9.91. The Kier molecular flexibility index (Phi) is 24.0. The molecule has 0 aliphatic carbocycles. The molecule has 528 valence electrons. The molecule has 0 saturated carbocycles. The third-order valence-electron chi connectivity index (χ3n) is 17.4. The minimum absolute atomic E-state index is 0.00289. The monoisotopic (exact) mass is 1390 g/mol. The van der Waals surface area contributed by atoms with Crippen molar-refractivity contribution in [2.24, 2.45) is 35.1 Å². The van der Waals surface area contributed by atoms with E-state index >= 15 is 0 Å². The molecule has 8 heterocycles. The average molecular weight is 1390 g/mol. The first-order valence-electron chi connectivity index (χ1n) is 33.1. The summed E-state index contributed by atoms with van der Waals surface area (Å²) >= 11 is 0. The Balaban J connectivity index is 0.000000156. The molecule has 100 heavy (non-hydrogen) atoms. The summed E-state index contributed by atoms with van der Waals surface area (Å²) in [6.45, 7) is 20.1. The molecule has 24 heteroatoms. The number of benzene rings is 4. The summed E-state index contributed by atoms with van der Waals surface area (Å²) in [6.07, 6.45) is 5.49. The van der Waals surface area contributed by atoms with Crippen LogP contribution in [0.4, 0.5) is 35.1 Å². The number of pyridine rings is 4. The summed E-state index contributed by atoms with van der Waals surface area (Å²) < 4.78 is 144. The van der Waals surface area contributed by atoms with Crippen LogP contribution in [0.25, 0.3) is 44.5 Å². The van der Waals surface area contributed by atoms with Crippen LogP contribution < -0.4 is 30.4 Å². The van der Waals surface area contributed by atoms with E-state index in [2.05, 4.69) is 19.9 Å². The molecule has 8 aromatic rings. The number of primary amides is 2. The number of nitrogens with two attached hydrogens (primary N) is 2. The van der Waals surface area contributed by atoms with Gasteiger partial charge < -0.3 is 39.9 Å². The molecule has 0 unspecified atom stereocenters. The molecule has 0 saturated heterocycles.